The van der Waals surface area contributed by atoms with E-state index in [0.29, 0.717) is 10.8 Å². The van der Waals surface area contributed by atoms with E-state index in [2.05, 4.69) is 4.72 Å². The minimum atomic E-state index is -3.34. The van der Waals surface area contributed by atoms with E-state index in [9.17, 15) is 8.42 Å². The van der Waals surface area contributed by atoms with Crippen molar-refractivity contribution < 1.29 is 8.42 Å². The van der Waals surface area contributed by atoms with Crippen molar-refractivity contribution in [3.63, 3.8) is 0 Å². The van der Waals surface area contributed by atoms with Crippen LogP contribution in [0.15, 0.2) is 21.7 Å². The standard InChI is InChI=1S/C7H12N2O2S2.ClH/c1-6(5-8)9-13(10,11)7-3-2-4-12-7;/h2-4,6,9H,5,8H2,1H3;1H/t6-;/m0./s1. The first-order chi connectivity index (χ1) is 6.06. The zero-order valence-corrected chi connectivity index (χ0v) is 10.1. The van der Waals surface area contributed by atoms with Gasteiger partial charge in [-0.05, 0) is 18.4 Å². The van der Waals surface area contributed by atoms with E-state index in [1.807, 2.05) is 0 Å². The van der Waals surface area contributed by atoms with Crippen LogP contribution >= 0.6 is 23.7 Å². The molecular formula is C7H13ClN2O2S2. The zero-order chi connectivity index (χ0) is 9.90. The van der Waals surface area contributed by atoms with Crippen molar-refractivity contribution in [1.29, 1.82) is 0 Å². The molecule has 0 fully saturated rings. The molecule has 0 saturated heterocycles. The topological polar surface area (TPSA) is 72.2 Å². The van der Waals surface area contributed by atoms with E-state index >= 15 is 0 Å². The van der Waals surface area contributed by atoms with Gasteiger partial charge >= 0.3 is 0 Å². The van der Waals surface area contributed by atoms with Gasteiger partial charge in [-0.2, -0.15) is 0 Å². The lowest BCUT2D eigenvalue weighted by molar-refractivity contribution is 0.564. The van der Waals surface area contributed by atoms with Crippen LogP contribution in [0.25, 0.3) is 0 Å². The van der Waals surface area contributed by atoms with Gasteiger partial charge < -0.3 is 5.73 Å². The maximum Gasteiger partial charge on any atom is 0.250 e. The van der Waals surface area contributed by atoms with Crippen molar-refractivity contribution in [2.45, 2.75) is 17.2 Å². The summed E-state index contributed by atoms with van der Waals surface area (Å²) in [6.45, 7) is 2.02. The Kier molecular flexibility index (Phi) is 5.61. The van der Waals surface area contributed by atoms with Crippen molar-refractivity contribution >= 4 is 33.8 Å². The van der Waals surface area contributed by atoms with E-state index in [1.165, 1.54) is 11.3 Å². The molecule has 0 spiro atoms. The molecule has 1 aromatic heterocycles. The van der Waals surface area contributed by atoms with Gasteiger partial charge in [0.25, 0.3) is 0 Å². The summed E-state index contributed by atoms with van der Waals surface area (Å²) >= 11 is 1.19. The summed E-state index contributed by atoms with van der Waals surface area (Å²) in [6.07, 6.45) is 0. The highest BCUT2D eigenvalue weighted by Crippen LogP contribution is 2.15. The van der Waals surface area contributed by atoms with Crippen LogP contribution < -0.4 is 10.5 Å². The van der Waals surface area contributed by atoms with E-state index in [1.54, 1.807) is 24.4 Å². The number of thiophene rings is 1. The van der Waals surface area contributed by atoms with E-state index in [-0.39, 0.29) is 18.4 Å². The Morgan fingerprint density at radius 3 is 2.71 bits per heavy atom. The Balaban J connectivity index is 0.00000169. The van der Waals surface area contributed by atoms with E-state index in [4.69, 9.17) is 5.73 Å². The molecule has 0 aliphatic carbocycles. The quantitative estimate of drug-likeness (QED) is 0.837. The Hall–Kier alpha value is -0.140. The maximum atomic E-state index is 11.5. The number of hydrogen-bond acceptors (Lipinski definition) is 4. The van der Waals surface area contributed by atoms with Crippen LogP contribution in [-0.4, -0.2) is 21.0 Å². The van der Waals surface area contributed by atoms with Gasteiger partial charge in [0.1, 0.15) is 4.21 Å². The summed E-state index contributed by atoms with van der Waals surface area (Å²) in [6, 6.07) is 3.04. The predicted molar refractivity (Wildman–Crippen MR) is 60.4 cm³/mol. The van der Waals surface area contributed by atoms with Gasteiger partial charge in [0.2, 0.25) is 10.0 Å². The first-order valence-electron chi connectivity index (χ1n) is 3.82. The van der Waals surface area contributed by atoms with Crippen LogP contribution in [0.1, 0.15) is 6.92 Å². The van der Waals surface area contributed by atoms with Crippen molar-refractivity contribution in [3.8, 4) is 0 Å². The lowest BCUT2D eigenvalue weighted by atomic mass is 10.4. The fraction of sp³-hybridized carbons (Fsp3) is 0.429. The Labute approximate surface area is 94.0 Å². The number of hydrogen-bond donors (Lipinski definition) is 2. The van der Waals surface area contributed by atoms with Gasteiger partial charge in [-0.3, -0.25) is 0 Å². The van der Waals surface area contributed by atoms with Gasteiger partial charge in [-0.25, -0.2) is 13.1 Å². The fourth-order valence-corrected chi connectivity index (χ4v) is 3.05. The lowest BCUT2D eigenvalue weighted by Gasteiger charge is -2.09. The molecule has 14 heavy (non-hydrogen) atoms. The van der Waals surface area contributed by atoms with Crippen LogP contribution in [0, 0.1) is 0 Å². The molecule has 0 aromatic carbocycles. The fourth-order valence-electron chi connectivity index (χ4n) is 0.787. The molecule has 1 aromatic rings. The Morgan fingerprint density at radius 1 is 1.64 bits per heavy atom. The van der Waals surface area contributed by atoms with Crippen LogP contribution in [0.5, 0.6) is 0 Å². The van der Waals surface area contributed by atoms with Crippen LogP contribution in [0.4, 0.5) is 0 Å². The van der Waals surface area contributed by atoms with Gasteiger partial charge in [0.05, 0.1) is 0 Å². The first kappa shape index (κ1) is 13.9. The summed E-state index contributed by atoms with van der Waals surface area (Å²) in [4.78, 5) is 0. The van der Waals surface area contributed by atoms with Crippen molar-refractivity contribution in [1.82, 2.24) is 4.72 Å². The summed E-state index contributed by atoms with van der Waals surface area (Å²) in [5.74, 6) is 0. The highest BCUT2D eigenvalue weighted by atomic mass is 35.5. The molecule has 7 heteroatoms. The molecule has 4 nitrogen and oxygen atoms in total. The number of nitrogens with two attached hydrogens (primary N) is 1. The first-order valence-corrected chi connectivity index (χ1v) is 6.18. The molecule has 0 unspecified atom stereocenters. The zero-order valence-electron chi connectivity index (χ0n) is 7.64. The molecule has 0 aliphatic rings. The molecule has 0 saturated carbocycles. The second kappa shape index (κ2) is 5.67. The molecule has 3 N–H and O–H groups in total. The third kappa shape index (κ3) is 3.55. The lowest BCUT2D eigenvalue weighted by Crippen LogP contribution is -2.37. The van der Waals surface area contributed by atoms with Crippen molar-refractivity contribution in [2.75, 3.05) is 6.54 Å². The second-order valence-electron chi connectivity index (χ2n) is 2.69. The van der Waals surface area contributed by atoms with E-state index < -0.39 is 10.0 Å². The van der Waals surface area contributed by atoms with Gasteiger partial charge in [0.15, 0.2) is 0 Å². The SMILES string of the molecule is C[C@@H](CN)NS(=O)(=O)c1cccs1.Cl. The molecule has 0 aliphatic heterocycles. The minimum Gasteiger partial charge on any atom is -0.329 e. The smallest absolute Gasteiger partial charge is 0.250 e. The van der Waals surface area contributed by atoms with Crippen LogP contribution in [0.3, 0.4) is 0 Å². The van der Waals surface area contributed by atoms with Gasteiger partial charge in [-0.1, -0.05) is 6.07 Å². The Bertz CT molecular complexity index is 350. The highest BCUT2D eigenvalue weighted by molar-refractivity contribution is 7.91. The molecule has 1 heterocycles. The molecule has 1 atom stereocenters. The molecule has 1 rings (SSSR count). The predicted octanol–water partition coefficient (Wildman–Crippen LogP) is 0.795. The van der Waals surface area contributed by atoms with E-state index in [0.717, 1.165) is 0 Å². The third-order valence-electron chi connectivity index (χ3n) is 1.47. The van der Waals surface area contributed by atoms with Gasteiger partial charge in [0, 0.05) is 12.6 Å². The molecule has 82 valence electrons. The molecule has 0 radical (unpaired) electrons. The van der Waals surface area contributed by atoms with Gasteiger partial charge in [-0.15, -0.1) is 23.7 Å². The molecular weight excluding hydrogens is 244 g/mol. The summed E-state index contributed by atoms with van der Waals surface area (Å²) in [5.41, 5.74) is 5.31. The molecule has 0 bridgehead atoms. The van der Waals surface area contributed by atoms with Crippen molar-refractivity contribution in [2.24, 2.45) is 5.73 Å². The number of nitrogens with one attached hydrogen (secondary N) is 1. The second-order valence-corrected chi connectivity index (χ2v) is 5.58. The Morgan fingerprint density at radius 2 is 2.29 bits per heavy atom. The maximum absolute atomic E-state index is 11.5. The normalized spacial score (nSPS) is 13.3. The number of halogens is 1. The summed E-state index contributed by atoms with van der Waals surface area (Å²) in [7, 11) is -3.34. The largest absolute Gasteiger partial charge is 0.329 e. The van der Waals surface area contributed by atoms with Crippen LogP contribution in [0.2, 0.25) is 0 Å². The summed E-state index contributed by atoms with van der Waals surface area (Å²) < 4.78 is 25.8. The summed E-state index contributed by atoms with van der Waals surface area (Å²) in [5, 5.41) is 1.72. The number of sulfonamides is 1. The minimum absolute atomic E-state index is 0. The molecule has 0 amide bonds. The average Bonchev–Trinajstić information content (AvgIpc) is 2.55. The van der Waals surface area contributed by atoms with Crippen molar-refractivity contribution in [3.05, 3.63) is 17.5 Å². The average molecular weight is 257 g/mol. The number of rotatable bonds is 4. The monoisotopic (exact) mass is 256 g/mol. The van der Waals surface area contributed by atoms with Crippen LogP contribution in [-0.2, 0) is 10.0 Å². The third-order valence-corrected chi connectivity index (χ3v) is 4.46. The highest BCUT2D eigenvalue weighted by Gasteiger charge is 2.16.